The van der Waals surface area contributed by atoms with Gasteiger partial charge in [-0.2, -0.15) is 0 Å². The number of para-hydroxylation sites is 1. The number of aromatic nitrogens is 1. The Kier molecular flexibility index (Phi) is 1.73. The number of nitrogens with one attached hydrogen (secondary N) is 1. The lowest BCUT2D eigenvalue weighted by Gasteiger charge is -1.97. The van der Waals surface area contributed by atoms with Gasteiger partial charge in [0.25, 0.3) is 0 Å². The topological polar surface area (TPSA) is 28.9 Å². The van der Waals surface area contributed by atoms with Gasteiger partial charge < -0.3 is 9.40 Å². The number of furan rings is 1. The highest BCUT2D eigenvalue weighted by atomic mass is 16.3. The molecule has 0 unspecified atom stereocenters. The summed E-state index contributed by atoms with van der Waals surface area (Å²) in [7, 11) is 0. The summed E-state index contributed by atoms with van der Waals surface area (Å²) in [5, 5.41) is 4.66. The van der Waals surface area contributed by atoms with E-state index in [9.17, 15) is 0 Å². The summed E-state index contributed by atoms with van der Waals surface area (Å²) >= 11 is 0. The Balaban J connectivity index is 2.08. The summed E-state index contributed by atoms with van der Waals surface area (Å²) in [4.78, 5) is 3.47. The maximum absolute atomic E-state index is 6.19. The second-order valence-corrected chi connectivity index (χ2v) is 5.14. The van der Waals surface area contributed by atoms with Crippen molar-refractivity contribution in [2.75, 3.05) is 0 Å². The van der Waals surface area contributed by atoms with E-state index in [2.05, 4.69) is 53.5 Å². The summed E-state index contributed by atoms with van der Waals surface area (Å²) in [5.41, 5.74) is 4.13. The number of rotatable bonds is 0. The first-order valence-corrected chi connectivity index (χ1v) is 6.72. The molecule has 0 atom stereocenters. The molecule has 0 saturated carbocycles. The lowest BCUT2D eigenvalue weighted by molar-refractivity contribution is 0.676. The predicted molar refractivity (Wildman–Crippen MR) is 83.1 cm³/mol. The van der Waals surface area contributed by atoms with Crippen molar-refractivity contribution < 1.29 is 4.42 Å². The molecule has 0 aliphatic rings. The third-order valence-electron chi connectivity index (χ3n) is 4.01. The van der Waals surface area contributed by atoms with Gasteiger partial charge in [-0.05, 0) is 23.6 Å². The van der Waals surface area contributed by atoms with Gasteiger partial charge in [-0.25, -0.2) is 0 Å². The predicted octanol–water partition coefficient (Wildman–Crippen LogP) is 5.22. The van der Waals surface area contributed by atoms with E-state index in [-0.39, 0.29) is 0 Å². The minimum Gasteiger partial charge on any atom is -0.453 e. The molecule has 2 nitrogen and oxygen atoms in total. The highest BCUT2D eigenvalue weighted by Gasteiger charge is 2.14. The van der Waals surface area contributed by atoms with Gasteiger partial charge in [0.1, 0.15) is 5.58 Å². The average molecular weight is 257 g/mol. The number of fused-ring (bicyclic) bond motifs is 7. The van der Waals surface area contributed by atoms with E-state index >= 15 is 0 Å². The molecule has 5 rings (SSSR count). The second-order valence-electron chi connectivity index (χ2n) is 5.14. The Labute approximate surface area is 114 Å². The molecular weight excluding hydrogens is 246 g/mol. The van der Waals surface area contributed by atoms with E-state index < -0.39 is 0 Å². The van der Waals surface area contributed by atoms with Crippen LogP contribution >= 0.6 is 0 Å². The summed E-state index contributed by atoms with van der Waals surface area (Å²) < 4.78 is 6.19. The zero-order valence-corrected chi connectivity index (χ0v) is 10.7. The lowest BCUT2D eigenvalue weighted by atomic mass is 10.1. The number of H-pyrrole nitrogens is 1. The largest absolute Gasteiger partial charge is 0.453 e. The van der Waals surface area contributed by atoms with Gasteiger partial charge in [0, 0.05) is 21.7 Å². The number of hydrogen-bond donors (Lipinski definition) is 1. The number of hydrogen-bond acceptors (Lipinski definition) is 1. The summed E-state index contributed by atoms with van der Waals surface area (Å²) in [6.07, 6.45) is 0. The van der Waals surface area contributed by atoms with Gasteiger partial charge in [0.15, 0.2) is 5.58 Å². The molecule has 0 saturated heterocycles. The van der Waals surface area contributed by atoms with Crippen molar-refractivity contribution in [3.05, 3.63) is 60.7 Å². The maximum atomic E-state index is 6.19. The van der Waals surface area contributed by atoms with Crippen LogP contribution in [0, 0.1) is 0 Å². The fraction of sp³-hybridized carbons (Fsp3) is 0. The minimum atomic E-state index is 0.951. The Bertz CT molecular complexity index is 1090. The van der Waals surface area contributed by atoms with Crippen molar-refractivity contribution >= 4 is 43.7 Å². The van der Waals surface area contributed by atoms with E-state index in [1.165, 1.54) is 10.8 Å². The molecule has 2 heteroatoms. The van der Waals surface area contributed by atoms with E-state index in [1.54, 1.807) is 0 Å². The van der Waals surface area contributed by atoms with E-state index in [4.69, 9.17) is 4.42 Å². The Morgan fingerprint density at radius 2 is 1.45 bits per heavy atom. The number of benzene rings is 3. The molecule has 0 radical (unpaired) electrons. The van der Waals surface area contributed by atoms with Crippen LogP contribution in [-0.2, 0) is 0 Å². The van der Waals surface area contributed by atoms with Gasteiger partial charge in [0.05, 0.1) is 5.52 Å². The van der Waals surface area contributed by atoms with Crippen molar-refractivity contribution in [2.45, 2.75) is 0 Å². The molecule has 5 aromatic rings. The second kappa shape index (κ2) is 3.42. The summed E-state index contributed by atoms with van der Waals surface area (Å²) in [6, 6.07) is 20.9. The van der Waals surface area contributed by atoms with Crippen molar-refractivity contribution in [1.29, 1.82) is 0 Å². The van der Waals surface area contributed by atoms with Crippen molar-refractivity contribution in [2.24, 2.45) is 0 Å². The Morgan fingerprint density at radius 3 is 2.40 bits per heavy atom. The highest BCUT2D eigenvalue weighted by Crippen LogP contribution is 2.37. The first-order valence-electron chi connectivity index (χ1n) is 6.72. The molecule has 0 fully saturated rings. The van der Waals surface area contributed by atoms with Crippen LogP contribution in [0.5, 0.6) is 0 Å². The average Bonchev–Trinajstić information content (AvgIpc) is 3.03. The third-order valence-corrected chi connectivity index (χ3v) is 4.01. The first-order chi connectivity index (χ1) is 9.92. The Hall–Kier alpha value is -2.74. The molecule has 0 aliphatic heterocycles. The molecule has 94 valence electrons. The maximum Gasteiger partial charge on any atom is 0.160 e. The third kappa shape index (κ3) is 1.14. The minimum absolute atomic E-state index is 0.951. The van der Waals surface area contributed by atoms with Gasteiger partial charge in [0.2, 0.25) is 0 Å². The van der Waals surface area contributed by atoms with Crippen LogP contribution in [0.15, 0.2) is 65.1 Å². The highest BCUT2D eigenvalue weighted by molar-refractivity contribution is 6.19. The van der Waals surface area contributed by atoms with Gasteiger partial charge in [-0.3, -0.25) is 0 Å². The molecule has 0 aliphatic carbocycles. The molecular formula is C18H11NO. The summed E-state index contributed by atoms with van der Waals surface area (Å²) in [5.74, 6) is 0. The quantitative estimate of drug-likeness (QED) is 0.405. The molecule has 0 spiro atoms. The van der Waals surface area contributed by atoms with Crippen LogP contribution in [-0.4, -0.2) is 4.98 Å². The molecule has 0 amide bonds. The van der Waals surface area contributed by atoms with Crippen LogP contribution in [0.25, 0.3) is 43.7 Å². The van der Waals surface area contributed by atoms with Crippen LogP contribution in [0.1, 0.15) is 0 Å². The normalized spacial score (nSPS) is 12.0. The van der Waals surface area contributed by atoms with Gasteiger partial charge in [-0.15, -0.1) is 0 Å². The molecule has 1 N–H and O–H groups in total. The van der Waals surface area contributed by atoms with Crippen molar-refractivity contribution in [3.63, 3.8) is 0 Å². The van der Waals surface area contributed by atoms with E-state index in [1.807, 2.05) is 12.1 Å². The molecule has 2 aromatic heterocycles. The fourth-order valence-electron chi connectivity index (χ4n) is 3.06. The van der Waals surface area contributed by atoms with Crippen LogP contribution in [0.4, 0.5) is 0 Å². The van der Waals surface area contributed by atoms with Crippen LogP contribution in [0.3, 0.4) is 0 Å². The van der Waals surface area contributed by atoms with Gasteiger partial charge in [-0.1, -0.05) is 42.5 Å². The smallest absolute Gasteiger partial charge is 0.160 e. The lowest BCUT2D eigenvalue weighted by Crippen LogP contribution is -1.73. The van der Waals surface area contributed by atoms with Crippen LogP contribution < -0.4 is 0 Å². The Morgan fingerprint density at radius 1 is 0.650 bits per heavy atom. The molecule has 20 heavy (non-hydrogen) atoms. The zero-order valence-electron chi connectivity index (χ0n) is 10.7. The van der Waals surface area contributed by atoms with Crippen molar-refractivity contribution in [1.82, 2.24) is 4.98 Å². The first kappa shape index (κ1) is 10.1. The SMILES string of the molecule is c1ccc2c(c1)ccc1c3[nH]c4ccccc4c3oc21. The molecule has 3 aromatic carbocycles. The zero-order chi connectivity index (χ0) is 13.1. The van der Waals surface area contributed by atoms with E-state index in [0.717, 1.165) is 33.0 Å². The van der Waals surface area contributed by atoms with Crippen LogP contribution in [0.2, 0.25) is 0 Å². The number of aromatic amines is 1. The monoisotopic (exact) mass is 257 g/mol. The van der Waals surface area contributed by atoms with E-state index in [0.29, 0.717) is 0 Å². The van der Waals surface area contributed by atoms with Crippen molar-refractivity contribution in [3.8, 4) is 0 Å². The fourth-order valence-corrected chi connectivity index (χ4v) is 3.06. The molecule has 2 heterocycles. The molecule has 0 bridgehead atoms. The standard InChI is InChI=1S/C18H11NO/c1-2-6-12-11(5-1)9-10-14-16-18(20-17(12)14)13-7-3-4-8-15(13)19-16/h1-10,19H. The van der Waals surface area contributed by atoms with Gasteiger partial charge >= 0.3 is 0 Å². The summed E-state index contributed by atoms with van der Waals surface area (Å²) in [6.45, 7) is 0.